The van der Waals surface area contributed by atoms with Gasteiger partial charge in [0.25, 0.3) is 0 Å². The molecular formula is C28H33BrO3. The van der Waals surface area contributed by atoms with E-state index in [0.29, 0.717) is 42.8 Å². The van der Waals surface area contributed by atoms with Gasteiger partial charge in [0.1, 0.15) is 11.6 Å². The number of ketones is 2. The Labute approximate surface area is 199 Å². The maximum Gasteiger partial charge on any atom is 0.139 e. The van der Waals surface area contributed by atoms with Crippen LogP contribution in [0, 0.1) is 29.1 Å². The Balaban J connectivity index is 1.48. The van der Waals surface area contributed by atoms with Crippen molar-refractivity contribution in [3.63, 3.8) is 0 Å². The topological polar surface area (TPSA) is 54.4 Å². The number of benzene rings is 1. The molecule has 5 aliphatic rings. The van der Waals surface area contributed by atoms with Gasteiger partial charge in [0.15, 0.2) is 0 Å². The summed E-state index contributed by atoms with van der Waals surface area (Å²) in [6.45, 7) is 2.41. The zero-order valence-corrected chi connectivity index (χ0v) is 20.5. The molecule has 1 aromatic carbocycles. The van der Waals surface area contributed by atoms with E-state index in [4.69, 9.17) is 0 Å². The fourth-order valence-electron chi connectivity index (χ4n) is 8.21. The Morgan fingerprint density at radius 3 is 2.53 bits per heavy atom. The number of Topliss-reactive ketones (excluding diaryl/α,β-unsaturated/α-hetero) is 2. The van der Waals surface area contributed by atoms with Crippen molar-refractivity contribution in [1.29, 1.82) is 0 Å². The van der Waals surface area contributed by atoms with Gasteiger partial charge in [0.2, 0.25) is 0 Å². The number of hydrogen-bond donors (Lipinski definition) is 1. The molecule has 0 unspecified atom stereocenters. The van der Waals surface area contributed by atoms with E-state index in [-0.39, 0.29) is 29.5 Å². The molecule has 0 spiro atoms. The lowest BCUT2D eigenvalue weighted by Gasteiger charge is -2.55. The van der Waals surface area contributed by atoms with Crippen molar-refractivity contribution >= 4 is 27.5 Å². The number of rotatable bonds is 3. The van der Waals surface area contributed by atoms with Gasteiger partial charge in [0.05, 0.1) is 5.60 Å². The van der Waals surface area contributed by atoms with Crippen LogP contribution in [0.15, 0.2) is 39.9 Å². The van der Waals surface area contributed by atoms with Crippen LogP contribution in [0.3, 0.4) is 0 Å². The summed E-state index contributed by atoms with van der Waals surface area (Å²) in [4.78, 5) is 25.6. The maximum absolute atomic E-state index is 13.3. The first-order valence-corrected chi connectivity index (χ1v) is 13.4. The summed E-state index contributed by atoms with van der Waals surface area (Å²) in [6, 6.07) is 8.67. The zero-order chi connectivity index (χ0) is 22.3. The Morgan fingerprint density at radius 1 is 1.06 bits per heavy atom. The standard InChI is InChI=1S/C28H33BrO3/c1-27-15-21(16-4-6-18(29)7-5-16)25-20(12-13-28(32)14-19(30)8-9-23(25)28)22(27)10-11-24(27)26(31)17-2-3-17/h4-7,17,20-22,24,32H,2-3,8-15H2,1H3/t20-,21+,22-,24+,27-,28+/m0/s1. The molecule has 4 saturated carbocycles. The Kier molecular flexibility index (Phi) is 4.90. The van der Waals surface area contributed by atoms with Crippen molar-refractivity contribution in [2.45, 2.75) is 82.7 Å². The molecule has 0 heterocycles. The van der Waals surface area contributed by atoms with Gasteiger partial charge in [-0.25, -0.2) is 0 Å². The van der Waals surface area contributed by atoms with E-state index in [9.17, 15) is 14.7 Å². The Hall–Kier alpha value is -1.26. The molecule has 5 aliphatic carbocycles. The molecule has 4 fully saturated rings. The summed E-state index contributed by atoms with van der Waals surface area (Å²) in [5.41, 5.74) is 3.01. The van der Waals surface area contributed by atoms with Crippen LogP contribution in [0.25, 0.3) is 0 Å². The third-order valence-electron chi connectivity index (χ3n) is 9.83. The third-order valence-corrected chi connectivity index (χ3v) is 10.4. The van der Waals surface area contributed by atoms with Gasteiger partial charge in [-0.2, -0.15) is 0 Å². The lowest BCUT2D eigenvalue weighted by molar-refractivity contribution is -0.130. The van der Waals surface area contributed by atoms with Crippen molar-refractivity contribution < 1.29 is 14.7 Å². The maximum atomic E-state index is 13.3. The van der Waals surface area contributed by atoms with Crippen LogP contribution < -0.4 is 0 Å². The summed E-state index contributed by atoms with van der Waals surface area (Å²) in [6.07, 6.45) is 8.53. The van der Waals surface area contributed by atoms with E-state index >= 15 is 0 Å². The van der Waals surface area contributed by atoms with Crippen molar-refractivity contribution in [3.05, 3.63) is 45.4 Å². The lowest BCUT2D eigenvalue weighted by Crippen LogP contribution is -2.50. The van der Waals surface area contributed by atoms with Gasteiger partial charge in [-0.1, -0.05) is 40.6 Å². The highest BCUT2D eigenvalue weighted by Crippen LogP contribution is 2.67. The van der Waals surface area contributed by atoms with E-state index in [2.05, 4.69) is 47.1 Å². The number of carbonyl (C=O) groups excluding carboxylic acids is 2. The lowest BCUT2D eigenvalue weighted by atomic mass is 9.50. The molecule has 1 aromatic rings. The first-order chi connectivity index (χ1) is 15.3. The highest BCUT2D eigenvalue weighted by molar-refractivity contribution is 9.10. The van der Waals surface area contributed by atoms with Crippen molar-refractivity contribution in [2.24, 2.45) is 29.1 Å². The zero-order valence-electron chi connectivity index (χ0n) is 18.9. The first kappa shape index (κ1) is 21.3. The smallest absolute Gasteiger partial charge is 0.139 e. The largest absolute Gasteiger partial charge is 0.385 e. The molecule has 3 nitrogen and oxygen atoms in total. The van der Waals surface area contributed by atoms with Crippen LogP contribution in [0.5, 0.6) is 0 Å². The van der Waals surface area contributed by atoms with E-state index in [0.717, 1.165) is 43.0 Å². The molecule has 6 rings (SSSR count). The van der Waals surface area contributed by atoms with Crippen LogP contribution in [0.1, 0.15) is 82.6 Å². The summed E-state index contributed by atoms with van der Waals surface area (Å²) < 4.78 is 1.07. The molecule has 0 aromatic heterocycles. The normalized spacial score (nSPS) is 41.2. The minimum absolute atomic E-state index is 0.0338. The SMILES string of the molecule is C[C@]12C[C@H](c3ccc(Br)cc3)C3=C4CCC(=O)C[C@]4(O)CC[C@H]3[C@@H]1CC[C@@H]2C(=O)C1CC1. The Morgan fingerprint density at radius 2 is 1.81 bits per heavy atom. The number of fused-ring (bicyclic) bond motifs is 4. The molecule has 6 atom stereocenters. The molecule has 1 N–H and O–H groups in total. The van der Waals surface area contributed by atoms with Gasteiger partial charge in [-0.3, -0.25) is 9.59 Å². The van der Waals surface area contributed by atoms with Gasteiger partial charge >= 0.3 is 0 Å². The number of halogens is 1. The summed E-state index contributed by atoms with van der Waals surface area (Å²) in [7, 11) is 0. The van der Waals surface area contributed by atoms with E-state index in [1.54, 1.807) is 0 Å². The fraction of sp³-hybridized carbons (Fsp3) is 0.643. The summed E-state index contributed by atoms with van der Waals surface area (Å²) in [5.74, 6) is 2.44. The van der Waals surface area contributed by atoms with E-state index < -0.39 is 5.60 Å². The Bertz CT molecular complexity index is 1010. The van der Waals surface area contributed by atoms with Gasteiger partial charge < -0.3 is 5.11 Å². The van der Waals surface area contributed by atoms with Crippen molar-refractivity contribution in [2.75, 3.05) is 0 Å². The second kappa shape index (κ2) is 7.37. The molecule has 0 saturated heterocycles. The molecule has 0 radical (unpaired) electrons. The highest BCUT2D eigenvalue weighted by Gasteiger charge is 2.60. The summed E-state index contributed by atoms with van der Waals surface area (Å²) >= 11 is 3.58. The molecule has 4 heteroatoms. The minimum Gasteiger partial charge on any atom is -0.385 e. The molecule has 32 heavy (non-hydrogen) atoms. The van der Waals surface area contributed by atoms with Gasteiger partial charge in [-0.15, -0.1) is 0 Å². The quantitative estimate of drug-likeness (QED) is 0.511. The van der Waals surface area contributed by atoms with Crippen LogP contribution in [0.4, 0.5) is 0 Å². The average molecular weight is 497 g/mol. The second-order valence-electron chi connectivity index (χ2n) is 11.6. The minimum atomic E-state index is -0.940. The highest BCUT2D eigenvalue weighted by atomic mass is 79.9. The van der Waals surface area contributed by atoms with E-state index in [1.165, 1.54) is 16.7 Å². The predicted octanol–water partition coefficient (Wildman–Crippen LogP) is 6.14. The van der Waals surface area contributed by atoms with Gasteiger partial charge in [0, 0.05) is 35.1 Å². The monoisotopic (exact) mass is 496 g/mol. The molecule has 0 bridgehead atoms. The van der Waals surface area contributed by atoms with Crippen LogP contribution in [0.2, 0.25) is 0 Å². The number of hydrogen-bond acceptors (Lipinski definition) is 3. The second-order valence-corrected chi connectivity index (χ2v) is 12.5. The van der Waals surface area contributed by atoms with Crippen molar-refractivity contribution in [1.82, 2.24) is 0 Å². The third kappa shape index (κ3) is 3.15. The molecular weight excluding hydrogens is 464 g/mol. The molecule has 170 valence electrons. The van der Waals surface area contributed by atoms with Gasteiger partial charge in [-0.05, 0) is 91.9 Å². The fourth-order valence-corrected chi connectivity index (χ4v) is 8.48. The molecule has 0 amide bonds. The number of aliphatic hydroxyl groups is 1. The summed E-state index contributed by atoms with van der Waals surface area (Å²) in [5, 5.41) is 11.6. The van der Waals surface area contributed by atoms with Crippen molar-refractivity contribution in [3.8, 4) is 0 Å². The van der Waals surface area contributed by atoms with E-state index in [1.807, 2.05) is 0 Å². The first-order valence-electron chi connectivity index (χ1n) is 12.6. The number of carbonyl (C=O) groups is 2. The van der Waals surface area contributed by atoms with Crippen LogP contribution in [-0.2, 0) is 9.59 Å². The van der Waals surface area contributed by atoms with Crippen LogP contribution in [-0.4, -0.2) is 22.3 Å². The van der Waals surface area contributed by atoms with Crippen LogP contribution >= 0.6 is 15.9 Å². The number of allylic oxidation sites excluding steroid dienone is 1. The predicted molar refractivity (Wildman–Crippen MR) is 127 cm³/mol. The molecule has 0 aliphatic heterocycles. The average Bonchev–Trinajstić information content (AvgIpc) is 3.54.